The van der Waals surface area contributed by atoms with Gasteiger partial charge in [-0.15, -0.1) is 0 Å². The molecule has 1 N–H and O–H groups in total. The van der Waals surface area contributed by atoms with E-state index in [1.807, 2.05) is 12.4 Å². The quantitative estimate of drug-likeness (QED) is 0.896. The van der Waals surface area contributed by atoms with E-state index in [1.54, 1.807) is 0 Å². The summed E-state index contributed by atoms with van der Waals surface area (Å²) in [5, 5.41) is 6.16. The van der Waals surface area contributed by atoms with Gasteiger partial charge >= 0.3 is 0 Å². The minimum atomic E-state index is 0.450. The molecular weight excluding hydrogens is 244 g/mol. The fourth-order valence-electron chi connectivity index (χ4n) is 3.84. The molecular formula is C18H24N2. The summed E-state index contributed by atoms with van der Waals surface area (Å²) in [5.41, 5.74) is 1.41. The van der Waals surface area contributed by atoms with Gasteiger partial charge in [-0.2, -0.15) is 0 Å². The number of hydrogen-bond donors (Lipinski definition) is 1. The summed E-state index contributed by atoms with van der Waals surface area (Å²) in [7, 11) is 2.10. The summed E-state index contributed by atoms with van der Waals surface area (Å²) in [4.78, 5) is 4.32. The highest BCUT2D eigenvalue weighted by molar-refractivity contribution is 5.85. The van der Waals surface area contributed by atoms with E-state index >= 15 is 0 Å². The van der Waals surface area contributed by atoms with Gasteiger partial charge in [0.25, 0.3) is 0 Å². The Morgan fingerprint density at radius 3 is 2.95 bits per heavy atom. The van der Waals surface area contributed by atoms with Crippen molar-refractivity contribution in [3.8, 4) is 0 Å². The molecule has 3 rings (SSSR count). The smallest absolute Gasteiger partial charge is 0.0353 e. The third-order valence-electron chi connectivity index (χ3n) is 4.81. The van der Waals surface area contributed by atoms with Crippen molar-refractivity contribution in [1.29, 1.82) is 0 Å². The van der Waals surface area contributed by atoms with E-state index in [9.17, 15) is 0 Å². The Kier molecular flexibility index (Phi) is 4.02. The monoisotopic (exact) mass is 268 g/mol. The van der Waals surface area contributed by atoms with E-state index in [0.717, 1.165) is 11.8 Å². The van der Waals surface area contributed by atoms with Crippen LogP contribution in [0.5, 0.6) is 0 Å². The molecule has 0 amide bonds. The van der Waals surface area contributed by atoms with E-state index in [0.29, 0.717) is 6.04 Å². The highest BCUT2D eigenvalue weighted by atomic mass is 14.9. The number of nitrogens with zero attached hydrogens (tertiary/aromatic N) is 1. The summed E-state index contributed by atoms with van der Waals surface area (Å²) >= 11 is 0. The van der Waals surface area contributed by atoms with Crippen LogP contribution in [0.2, 0.25) is 0 Å². The van der Waals surface area contributed by atoms with Crippen LogP contribution in [0.3, 0.4) is 0 Å². The third-order valence-corrected chi connectivity index (χ3v) is 4.81. The minimum Gasteiger partial charge on any atom is -0.313 e. The zero-order valence-corrected chi connectivity index (χ0v) is 12.5. The lowest BCUT2D eigenvalue weighted by molar-refractivity contribution is 0.231. The topological polar surface area (TPSA) is 24.9 Å². The summed E-state index contributed by atoms with van der Waals surface area (Å²) in [6, 6.07) is 9.18. The van der Waals surface area contributed by atoms with E-state index in [2.05, 4.69) is 48.5 Å². The zero-order valence-electron chi connectivity index (χ0n) is 12.5. The van der Waals surface area contributed by atoms with Crippen molar-refractivity contribution in [2.24, 2.45) is 11.8 Å². The number of nitrogens with one attached hydrogen (secondary N) is 1. The van der Waals surface area contributed by atoms with E-state index in [-0.39, 0.29) is 0 Å². The molecule has 106 valence electrons. The van der Waals surface area contributed by atoms with Gasteiger partial charge in [-0.3, -0.25) is 4.98 Å². The lowest BCUT2D eigenvalue weighted by Gasteiger charge is -2.34. The molecule has 1 heterocycles. The first-order valence-electron chi connectivity index (χ1n) is 7.79. The van der Waals surface area contributed by atoms with Crippen molar-refractivity contribution < 1.29 is 0 Å². The molecule has 0 aliphatic heterocycles. The molecule has 1 aromatic carbocycles. The van der Waals surface area contributed by atoms with Crippen molar-refractivity contribution in [1.82, 2.24) is 10.3 Å². The molecule has 2 aromatic rings. The second-order valence-electron chi connectivity index (χ2n) is 6.24. The SMILES string of the molecule is CNC(c1cccc2ccncc12)C1CCCC(C)C1. The van der Waals surface area contributed by atoms with E-state index in [4.69, 9.17) is 0 Å². The predicted octanol–water partition coefficient (Wildman–Crippen LogP) is 4.32. The van der Waals surface area contributed by atoms with Crippen molar-refractivity contribution in [3.05, 3.63) is 42.2 Å². The van der Waals surface area contributed by atoms with Crippen molar-refractivity contribution >= 4 is 10.8 Å². The maximum Gasteiger partial charge on any atom is 0.0353 e. The molecule has 0 radical (unpaired) electrons. The van der Waals surface area contributed by atoms with Gasteiger partial charge in [0.15, 0.2) is 0 Å². The molecule has 20 heavy (non-hydrogen) atoms. The summed E-state index contributed by atoms with van der Waals surface area (Å²) in [6.45, 7) is 2.39. The number of pyridine rings is 1. The Hall–Kier alpha value is -1.41. The van der Waals surface area contributed by atoms with Crippen LogP contribution in [-0.4, -0.2) is 12.0 Å². The Labute approximate surface area is 121 Å². The molecule has 2 nitrogen and oxygen atoms in total. The number of benzene rings is 1. The van der Waals surface area contributed by atoms with Gasteiger partial charge in [0, 0.05) is 23.8 Å². The lowest BCUT2D eigenvalue weighted by Crippen LogP contribution is -2.29. The number of aromatic nitrogens is 1. The van der Waals surface area contributed by atoms with E-state index < -0.39 is 0 Å². The Balaban J connectivity index is 1.98. The average Bonchev–Trinajstić information content (AvgIpc) is 2.48. The fraction of sp³-hybridized carbons (Fsp3) is 0.500. The second-order valence-corrected chi connectivity index (χ2v) is 6.24. The molecule has 3 atom stereocenters. The molecule has 0 saturated heterocycles. The maximum absolute atomic E-state index is 4.32. The molecule has 1 aromatic heterocycles. The van der Waals surface area contributed by atoms with Crippen LogP contribution in [0.25, 0.3) is 10.8 Å². The summed E-state index contributed by atoms with van der Waals surface area (Å²) < 4.78 is 0. The van der Waals surface area contributed by atoms with Crippen LogP contribution in [0.15, 0.2) is 36.7 Å². The molecule has 0 bridgehead atoms. The van der Waals surface area contributed by atoms with Crippen LogP contribution in [0.4, 0.5) is 0 Å². The highest BCUT2D eigenvalue weighted by Crippen LogP contribution is 2.38. The number of rotatable bonds is 3. The van der Waals surface area contributed by atoms with Gasteiger partial charge in [0.05, 0.1) is 0 Å². The van der Waals surface area contributed by atoms with Gasteiger partial charge in [-0.25, -0.2) is 0 Å². The fourth-order valence-corrected chi connectivity index (χ4v) is 3.84. The van der Waals surface area contributed by atoms with Crippen LogP contribution >= 0.6 is 0 Å². The molecule has 2 heteroatoms. The maximum atomic E-state index is 4.32. The van der Waals surface area contributed by atoms with Crippen LogP contribution < -0.4 is 5.32 Å². The highest BCUT2D eigenvalue weighted by Gasteiger charge is 2.27. The molecule has 1 saturated carbocycles. The van der Waals surface area contributed by atoms with Gasteiger partial charge in [-0.1, -0.05) is 38.0 Å². The number of hydrogen-bond acceptors (Lipinski definition) is 2. The molecule has 3 unspecified atom stereocenters. The van der Waals surface area contributed by atoms with Crippen molar-refractivity contribution in [2.75, 3.05) is 7.05 Å². The van der Waals surface area contributed by atoms with E-state index in [1.165, 1.54) is 42.0 Å². The first-order valence-corrected chi connectivity index (χ1v) is 7.79. The lowest BCUT2D eigenvalue weighted by atomic mass is 9.76. The number of fused-ring (bicyclic) bond motifs is 1. The Bertz CT molecular complexity index is 573. The standard InChI is InChI=1S/C18H24N2/c1-13-5-3-7-15(11-13)18(19-2)16-8-4-6-14-9-10-20-12-17(14)16/h4,6,8-10,12-13,15,18-19H,3,5,7,11H2,1-2H3. The van der Waals surface area contributed by atoms with Crippen LogP contribution in [-0.2, 0) is 0 Å². The van der Waals surface area contributed by atoms with Gasteiger partial charge in [-0.05, 0) is 48.7 Å². The predicted molar refractivity (Wildman–Crippen MR) is 84.7 cm³/mol. The van der Waals surface area contributed by atoms with Gasteiger partial charge < -0.3 is 5.32 Å². The Morgan fingerprint density at radius 1 is 1.25 bits per heavy atom. The zero-order chi connectivity index (χ0) is 13.9. The van der Waals surface area contributed by atoms with Gasteiger partial charge in [0.2, 0.25) is 0 Å². The van der Waals surface area contributed by atoms with Crippen LogP contribution in [0.1, 0.15) is 44.2 Å². The third kappa shape index (κ3) is 2.57. The average molecular weight is 268 g/mol. The normalized spacial score (nSPS) is 24.7. The van der Waals surface area contributed by atoms with Gasteiger partial charge in [0.1, 0.15) is 0 Å². The second kappa shape index (κ2) is 5.92. The van der Waals surface area contributed by atoms with Crippen molar-refractivity contribution in [3.63, 3.8) is 0 Å². The van der Waals surface area contributed by atoms with Crippen LogP contribution in [0, 0.1) is 11.8 Å². The molecule has 1 aliphatic carbocycles. The summed E-state index contributed by atoms with van der Waals surface area (Å²) in [6.07, 6.45) is 9.33. The molecule has 1 fully saturated rings. The molecule has 0 spiro atoms. The summed E-state index contributed by atoms with van der Waals surface area (Å²) in [5.74, 6) is 1.60. The first-order chi connectivity index (χ1) is 9.79. The molecule has 1 aliphatic rings. The minimum absolute atomic E-state index is 0.450. The first kappa shape index (κ1) is 13.6. The Morgan fingerprint density at radius 2 is 2.15 bits per heavy atom. The van der Waals surface area contributed by atoms with Crippen molar-refractivity contribution in [2.45, 2.75) is 38.6 Å². The largest absolute Gasteiger partial charge is 0.313 e.